The number of pyridine rings is 1. The number of amides is 2. The van der Waals surface area contributed by atoms with Gasteiger partial charge in [0.25, 0.3) is 11.5 Å². The van der Waals surface area contributed by atoms with Gasteiger partial charge < -0.3 is 44.7 Å². The molecule has 2 atom stereocenters. The molecule has 0 bridgehead atoms. The lowest BCUT2D eigenvalue weighted by molar-refractivity contribution is -0.111. The summed E-state index contributed by atoms with van der Waals surface area (Å²) >= 11 is 0. The molecule has 2 fully saturated rings. The Labute approximate surface area is 391 Å². The highest BCUT2D eigenvalue weighted by Gasteiger charge is 2.38. The molecule has 2 aromatic carbocycles. The fourth-order valence-electron chi connectivity index (χ4n) is 11.0. The summed E-state index contributed by atoms with van der Waals surface area (Å²) in [4.78, 5) is 59.1. The van der Waals surface area contributed by atoms with Gasteiger partial charge in [0, 0.05) is 112 Å². The van der Waals surface area contributed by atoms with Gasteiger partial charge >= 0.3 is 0 Å². The molecule has 5 aliphatic rings. The number of benzene rings is 2. The number of hydrogen-bond donors (Lipinski definition) is 4. The third-order valence-electron chi connectivity index (χ3n) is 14.3. The number of fused-ring (bicyclic) bond motifs is 4. The third kappa shape index (κ3) is 8.41. The van der Waals surface area contributed by atoms with Gasteiger partial charge in [-0.25, -0.2) is 9.97 Å². The zero-order valence-electron chi connectivity index (χ0n) is 39.1. The van der Waals surface area contributed by atoms with Crippen LogP contribution in [0.4, 0.5) is 40.1 Å². The van der Waals surface area contributed by atoms with Gasteiger partial charge in [0.1, 0.15) is 23.9 Å². The lowest BCUT2D eigenvalue weighted by Gasteiger charge is -2.47. The topological polar surface area (TPSA) is 165 Å². The van der Waals surface area contributed by atoms with E-state index in [1.54, 1.807) is 30.4 Å². The molecular formula is C51H61N11O5. The van der Waals surface area contributed by atoms with Crippen LogP contribution in [0.1, 0.15) is 67.8 Å². The van der Waals surface area contributed by atoms with E-state index in [-0.39, 0.29) is 34.6 Å². The summed E-state index contributed by atoms with van der Waals surface area (Å²) < 4.78 is 9.61. The van der Waals surface area contributed by atoms with Crippen molar-refractivity contribution in [1.82, 2.24) is 24.0 Å². The van der Waals surface area contributed by atoms with Gasteiger partial charge in [0.2, 0.25) is 5.91 Å². The van der Waals surface area contributed by atoms with Crippen LogP contribution in [0.5, 0.6) is 5.75 Å². The van der Waals surface area contributed by atoms with Gasteiger partial charge in [-0.15, -0.1) is 0 Å². The lowest BCUT2D eigenvalue weighted by Crippen LogP contribution is -2.57. The summed E-state index contributed by atoms with van der Waals surface area (Å²) in [5, 5.41) is 20.6. The molecule has 3 aromatic heterocycles. The van der Waals surface area contributed by atoms with E-state index in [1.807, 2.05) is 24.3 Å². The number of ether oxygens (including phenoxy) is 1. The minimum absolute atomic E-state index is 0.0555. The van der Waals surface area contributed by atoms with E-state index in [0.717, 1.165) is 75.5 Å². The zero-order valence-corrected chi connectivity index (χ0v) is 39.1. The van der Waals surface area contributed by atoms with Crippen molar-refractivity contribution in [2.45, 2.75) is 84.7 Å². The SMILES string of the molecule is C=CC(=O)Nc1cc(Nc2nc(-c3ccnc(N4CCn5c(cc6c5CC(C)(C)C6)C4=O)c3CO)cn(C)c2=O)ccc1N1CCN(C2CCN(c3ccc4c(c3)OC[C@@H](C)N4)CC2)C[C@@H]1C. The van der Waals surface area contributed by atoms with Crippen LogP contribution in [0.3, 0.4) is 0 Å². The van der Waals surface area contributed by atoms with Gasteiger partial charge in [-0.3, -0.25) is 24.2 Å². The quantitative estimate of drug-likeness (QED) is 0.118. The molecule has 5 aromatic rings. The van der Waals surface area contributed by atoms with Gasteiger partial charge in [-0.05, 0) is 99.0 Å². The summed E-state index contributed by atoms with van der Waals surface area (Å²) in [7, 11) is 1.65. The molecule has 350 valence electrons. The van der Waals surface area contributed by atoms with Gasteiger partial charge in [0.05, 0.1) is 35.4 Å². The van der Waals surface area contributed by atoms with Crippen LogP contribution >= 0.6 is 0 Å². The predicted molar refractivity (Wildman–Crippen MR) is 263 cm³/mol. The largest absolute Gasteiger partial charge is 0.489 e. The highest BCUT2D eigenvalue weighted by molar-refractivity contribution is 6.06. The predicted octanol–water partition coefficient (Wildman–Crippen LogP) is 6.16. The number of aryl methyl sites for hydroxylation is 1. The molecule has 16 heteroatoms. The maximum Gasteiger partial charge on any atom is 0.293 e. The molecule has 10 rings (SSSR count). The van der Waals surface area contributed by atoms with E-state index in [4.69, 9.17) is 9.72 Å². The first-order chi connectivity index (χ1) is 32.3. The number of piperidine rings is 1. The molecule has 0 saturated carbocycles. The second-order valence-corrected chi connectivity index (χ2v) is 19.7. The number of aliphatic hydroxyl groups is 1. The second kappa shape index (κ2) is 17.5. The Morgan fingerprint density at radius 3 is 2.61 bits per heavy atom. The molecule has 2 saturated heterocycles. The van der Waals surface area contributed by atoms with E-state index in [0.29, 0.717) is 71.5 Å². The number of carbonyl (C=O) groups excluding carboxylic acids is 2. The Hall–Kier alpha value is -6.65. The molecule has 0 unspecified atom stereocenters. The Morgan fingerprint density at radius 1 is 1.01 bits per heavy atom. The number of carbonyl (C=O) groups is 2. The number of aromatic nitrogens is 4. The van der Waals surface area contributed by atoms with Crippen LogP contribution in [-0.4, -0.2) is 105 Å². The molecule has 7 heterocycles. The molecular weight excluding hydrogens is 847 g/mol. The third-order valence-corrected chi connectivity index (χ3v) is 14.3. The first kappa shape index (κ1) is 44.2. The molecule has 2 amide bonds. The number of piperazine rings is 1. The van der Waals surface area contributed by atoms with E-state index in [1.165, 1.54) is 27.6 Å². The Balaban J connectivity index is 0.847. The van der Waals surface area contributed by atoms with Crippen molar-refractivity contribution in [3.63, 3.8) is 0 Å². The maximum atomic E-state index is 14.1. The fourth-order valence-corrected chi connectivity index (χ4v) is 11.0. The molecule has 1 aliphatic carbocycles. The van der Waals surface area contributed by atoms with Gasteiger partial charge in [-0.1, -0.05) is 20.4 Å². The molecule has 0 radical (unpaired) electrons. The normalized spacial score (nSPS) is 20.4. The minimum Gasteiger partial charge on any atom is -0.489 e. The van der Waals surface area contributed by atoms with Gasteiger partial charge in [-0.2, -0.15) is 0 Å². The molecule has 67 heavy (non-hydrogen) atoms. The van der Waals surface area contributed by atoms with Crippen molar-refractivity contribution >= 4 is 51.9 Å². The van der Waals surface area contributed by atoms with E-state index in [9.17, 15) is 19.5 Å². The average molecular weight is 908 g/mol. The van der Waals surface area contributed by atoms with E-state index in [2.05, 4.69) is 92.7 Å². The van der Waals surface area contributed by atoms with Gasteiger partial charge in [0.15, 0.2) is 5.82 Å². The monoisotopic (exact) mass is 907 g/mol. The highest BCUT2D eigenvalue weighted by Crippen LogP contribution is 2.41. The van der Waals surface area contributed by atoms with Crippen LogP contribution in [0, 0.1) is 5.41 Å². The Bertz CT molecular complexity index is 2830. The van der Waals surface area contributed by atoms with E-state index < -0.39 is 6.61 Å². The molecule has 0 spiro atoms. The fraction of sp³-hybridized carbons (Fsp3) is 0.431. The molecule has 4 N–H and O–H groups in total. The van der Waals surface area contributed by atoms with Crippen LogP contribution in [0.25, 0.3) is 11.3 Å². The van der Waals surface area contributed by atoms with Crippen molar-refractivity contribution in [1.29, 1.82) is 0 Å². The summed E-state index contributed by atoms with van der Waals surface area (Å²) in [6.45, 7) is 18.4. The number of rotatable bonds is 10. The van der Waals surface area contributed by atoms with Crippen molar-refractivity contribution in [3.8, 4) is 17.0 Å². The smallest absolute Gasteiger partial charge is 0.293 e. The molecule has 4 aliphatic heterocycles. The summed E-state index contributed by atoms with van der Waals surface area (Å²) in [5.74, 6) is 0.845. The van der Waals surface area contributed by atoms with E-state index >= 15 is 0 Å². The Kier molecular flexibility index (Phi) is 11.6. The Morgan fingerprint density at radius 2 is 1.84 bits per heavy atom. The summed E-state index contributed by atoms with van der Waals surface area (Å²) in [5.41, 5.74) is 8.57. The zero-order chi connectivity index (χ0) is 46.7. The lowest BCUT2D eigenvalue weighted by atomic mass is 9.90. The number of aliphatic hydroxyl groups excluding tert-OH is 1. The highest BCUT2D eigenvalue weighted by atomic mass is 16.5. The molecule has 16 nitrogen and oxygen atoms in total. The number of hydrogen-bond acceptors (Lipinski definition) is 12. The van der Waals surface area contributed by atoms with Crippen LogP contribution in [0.15, 0.2) is 78.4 Å². The van der Waals surface area contributed by atoms with Crippen molar-refractivity contribution in [2.24, 2.45) is 12.5 Å². The number of nitrogens with zero attached hydrogens (tertiary/aromatic N) is 8. The van der Waals surface area contributed by atoms with Crippen LogP contribution in [0.2, 0.25) is 0 Å². The average Bonchev–Trinajstić information content (AvgIpc) is 3.82. The van der Waals surface area contributed by atoms with Crippen molar-refractivity contribution in [2.75, 3.05) is 76.5 Å². The van der Waals surface area contributed by atoms with Crippen molar-refractivity contribution < 1.29 is 19.4 Å². The summed E-state index contributed by atoms with van der Waals surface area (Å²) in [6, 6.07) is 16.9. The second-order valence-electron chi connectivity index (χ2n) is 19.7. The van der Waals surface area contributed by atoms with Crippen LogP contribution < -0.4 is 40.9 Å². The number of nitrogens with one attached hydrogen (secondary N) is 3. The first-order valence-electron chi connectivity index (χ1n) is 23.6. The summed E-state index contributed by atoms with van der Waals surface area (Å²) in [6.07, 6.45) is 8.48. The van der Waals surface area contributed by atoms with Crippen LogP contribution in [-0.2, 0) is 37.8 Å². The minimum atomic E-state index is -0.398. The van der Waals surface area contributed by atoms with Crippen molar-refractivity contribution in [3.05, 3.63) is 106 Å². The number of anilines is 7. The maximum absolute atomic E-state index is 14.1. The first-order valence-corrected chi connectivity index (χ1v) is 23.6. The standard InChI is InChI=1S/C51H61N11O5/c1-7-46(64)55-40-23-34(8-11-42(40)60-19-18-59(27-32(60)3)35-13-16-58(17-14-35)36-9-10-39-45(24-36)67-30-31(2)53-39)54-47-50(66)57(6)28-41(56-47)37-12-15-52-48(38(37)29-63)62-21-20-61-43(49(62)65)22-33-25-51(4,5)26-44(33)61/h7-12,15,22-24,28,31-32,35,53,63H,1,13-14,16-21,25-27,29-30H2,2-6H3,(H,54,56)(H,55,64)/t31-,32+/m1/s1.